The summed E-state index contributed by atoms with van der Waals surface area (Å²) in [6, 6.07) is 10.3. The van der Waals surface area contributed by atoms with Gasteiger partial charge in [0.25, 0.3) is 0 Å². The van der Waals surface area contributed by atoms with Crippen molar-refractivity contribution in [3.63, 3.8) is 0 Å². The Morgan fingerprint density at radius 3 is 2.95 bits per heavy atom. The van der Waals surface area contributed by atoms with Gasteiger partial charge in [-0.05, 0) is 13.1 Å². The van der Waals surface area contributed by atoms with Crippen LogP contribution in [0.15, 0.2) is 48.0 Å². The number of benzene rings is 1. The monoisotopic (exact) mass is 269 g/mol. The molecule has 0 radical (unpaired) electrons. The van der Waals surface area contributed by atoms with Gasteiger partial charge in [-0.3, -0.25) is 4.40 Å². The smallest absolute Gasteiger partial charge is 0.194 e. The maximum atomic E-state index is 4.73. The molecule has 4 heteroatoms. The van der Waals surface area contributed by atoms with E-state index >= 15 is 0 Å². The van der Waals surface area contributed by atoms with Gasteiger partial charge in [-0.25, -0.2) is 4.98 Å². The molecule has 1 N–H and O–H groups in total. The van der Waals surface area contributed by atoms with Gasteiger partial charge in [0.2, 0.25) is 0 Å². The van der Waals surface area contributed by atoms with Crippen LogP contribution in [-0.4, -0.2) is 23.0 Å². The number of aromatic nitrogens is 2. The lowest BCUT2D eigenvalue weighted by Crippen LogP contribution is -2.03. The Morgan fingerprint density at radius 1 is 1.32 bits per heavy atom. The van der Waals surface area contributed by atoms with Crippen LogP contribution in [0.4, 0.5) is 0 Å². The topological polar surface area (TPSA) is 29.3 Å². The summed E-state index contributed by atoms with van der Waals surface area (Å²) in [5.41, 5.74) is 3.33. The molecule has 0 bridgehead atoms. The van der Waals surface area contributed by atoms with E-state index in [1.165, 1.54) is 0 Å². The first-order valence-electron chi connectivity index (χ1n) is 6.22. The third-order valence-electron chi connectivity index (χ3n) is 2.94. The van der Waals surface area contributed by atoms with E-state index in [1.807, 2.05) is 25.2 Å². The molecule has 0 atom stereocenters. The van der Waals surface area contributed by atoms with Gasteiger partial charge in [0.05, 0.1) is 11.4 Å². The number of hydrogen-bond acceptors (Lipinski definition) is 3. The number of fused-ring (bicyclic) bond motifs is 1. The van der Waals surface area contributed by atoms with Crippen molar-refractivity contribution in [1.29, 1.82) is 0 Å². The predicted molar refractivity (Wildman–Crippen MR) is 81.5 cm³/mol. The quantitative estimate of drug-likeness (QED) is 0.787. The summed E-state index contributed by atoms with van der Waals surface area (Å²) in [7, 11) is 1.94. The zero-order valence-corrected chi connectivity index (χ0v) is 11.5. The molecule has 1 aromatic carbocycles. The van der Waals surface area contributed by atoms with Gasteiger partial charge in [-0.1, -0.05) is 36.4 Å². The van der Waals surface area contributed by atoms with E-state index in [-0.39, 0.29) is 0 Å². The van der Waals surface area contributed by atoms with Crippen LogP contribution in [0, 0.1) is 0 Å². The highest BCUT2D eigenvalue weighted by molar-refractivity contribution is 7.15. The van der Waals surface area contributed by atoms with Gasteiger partial charge in [0, 0.05) is 23.7 Å². The second kappa shape index (κ2) is 5.38. The van der Waals surface area contributed by atoms with Gasteiger partial charge >= 0.3 is 0 Å². The van der Waals surface area contributed by atoms with Crippen molar-refractivity contribution in [2.45, 2.75) is 0 Å². The SMILES string of the molecule is CNCC=Cc1c(-c2ccccc2)nc2sccn12. The summed E-state index contributed by atoms with van der Waals surface area (Å²) in [5.74, 6) is 0. The third-order valence-corrected chi connectivity index (χ3v) is 3.70. The fourth-order valence-corrected chi connectivity index (χ4v) is 2.78. The molecule has 0 amide bonds. The Kier molecular flexibility index (Phi) is 3.44. The molecule has 0 aliphatic rings. The summed E-state index contributed by atoms with van der Waals surface area (Å²) in [6.07, 6.45) is 6.32. The third kappa shape index (κ3) is 2.32. The molecule has 0 saturated carbocycles. The van der Waals surface area contributed by atoms with E-state index in [4.69, 9.17) is 4.98 Å². The van der Waals surface area contributed by atoms with Crippen LogP contribution in [0.5, 0.6) is 0 Å². The Morgan fingerprint density at radius 2 is 2.16 bits per heavy atom. The molecule has 19 heavy (non-hydrogen) atoms. The average molecular weight is 269 g/mol. The molecule has 0 saturated heterocycles. The van der Waals surface area contributed by atoms with E-state index in [0.717, 1.165) is 28.5 Å². The first-order chi connectivity index (χ1) is 9.40. The molecule has 3 nitrogen and oxygen atoms in total. The zero-order chi connectivity index (χ0) is 13.1. The summed E-state index contributed by atoms with van der Waals surface area (Å²) < 4.78 is 2.14. The molecule has 0 aliphatic heterocycles. The lowest BCUT2D eigenvalue weighted by Gasteiger charge is -1.99. The molecule has 0 spiro atoms. The largest absolute Gasteiger partial charge is 0.316 e. The number of likely N-dealkylation sites (N-methyl/N-ethyl adjacent to an activating group) is 1. The minimum atomic E-state index is 0.853. The van der Waals surface area contributed by atoms with E-state index in [2.05, 4.69) is 45.6 Å². The van der Waals surface area contributed by atoms with Crippen molar-refractivity contribution in [2.24, 2.45) is 0 Å². The fraction of sp³-hybridized carbons (Fsp3) is 0.133. The highest BCUT2D eigenvalue weighted by atomic mass is 32.1. The molecule has 0 unspecified atom stereocenters. The second-order valence-electron chi connectivity index (χ2n) is 4.23. The Labute approximate surface area is 116 Å². The number of thiazole rings is 1. The van der Waals surface area contributed by atoms with Crippen molar-refractivity contribution >= 4 is 22.4 Å². The van der Waals surface area contributed by atoms with Crippen molar-refractivity contribution in [3.05, 3.63) is 53.7 Å². The van der Waals surface area contributed by atoms with E-state index in [9.17, 15) is 0 Å². The molecule has 0 aliphatic carbocycles. The number of imidazole rings is 1. The van der Waals surface area contributed by atoms with Crippen molar-refractivity contribution < 1.29 is 0 Å². The van der Waals surface area contributed by atoms with Crippen LogP contribution in [0.2, 0.25) is 0 Å². The Balaban J connectivity index is 2.13. The van der Waals surface area contributed by atoms with Gasteiger partial charge in [0.15, 0.2) is 4.96 Å². The molecule has 2 aromatic heterocycles. The maximum absolute atomic E-state index is 4.73. The zero-order valence-electron chi connectivity index (χ0n) is 10.7. The number of hydrogen-bond donors (Lipinski definition) is 1. The van der Waals surface area contributed by atoms with Crippen LogP contribution < -0.4 is 5.32 Å². The van der Waals surface area contributed by atoms with Crippen molar-refractivity contribution in [1.82, 2.24) is 14.7 Å². The normalized spacial score (nSPS) is 11.6. The summed E-state index contributed by atoms with van der Waals surface area (Å²) in [4.78, 5) is 5.76. The second-order valence-corrected chi connectivity index (χ2v) is 5.10. The highest BCUT2D eigenvalue weighted by Gasteiger charge is 2.11. The van der Waals surface area contributed by atoms with Gasteiger partial charge in [-0.2, -0.15) is 0 Å². The highest BCUT2D eigenvalue weighted by Crippen LogP contribution is 2.27. The fourth-order valence-electron chi connectivity index (χ4n) is 2.06. The molecule has 3 aromatic rings. The first-order valence-corrected chi connectivity index (χ1v) is 7.10. The van der Waals surface area contributed by atoms with Crippen LogP contribution >= 0.6 is 11.3 Å². The van der Waals surface area contributed by atoms with Crippen LogP contribution in [0.25, 0.3) is 22.3 Å². The van der Waals surface area contributed by atoms with Crippen LogP contribution in [-0.2, 0) is 0 Å². The van der Waals surface area contributed by atoms with Crippen molar-refractivity contribution in [2.75, 3.05) is 13.6 Å². The van der Waals surface area contributed by atoms with E-state index in [0.29, 0.717) is 0 Å². The Bertz CT molecular complexity index is 695. The van der Waals surface area contributed by atoms with Crippen molar-refractivity contribution in [3.8, 4) is 11.3 Å². The summed E-state index contributed by atoms with van der Waals surface area (Å²) in [5, 5.41) is 5.18. The molecule has 0 fully saturated rings. The Hall–Kier alpha value is -1.91. The molecule has 3 rings (SSSR count). The van der Waals surface area contributed by atoms with Gasteiger partial charge in [0.1, 0.15) is 0 Å². The molecule has 2 heterocycles. The van der Waals surface area contributed by atoms with Crippen LogP contribution in [0.3, 0.4) is 0 Å². The van der Waals surface area contributed by atoms with Gasteiger partial charge in [-0.15, -0.1) is 11.3 Å². The van der Waals surface area contributed by atoms with Gasteiger partial charge < -0.3 is 5.32 Å². The number of rotatable bonds is 4. The molecular formula is C15H15N3S. The van der Waals surface area contributed by atoms with Crippen LogP contribution in [0.1, 0.15) is 5.69 Å². The lowest BCUT2D eigenvalue weighted by molar-refractivity contribution is 0.922. The molecule has 96 valence electrons. The predicted octanol–water partition coefficient (Wildman–Crippen LogP) is 3.30. The molecular weight excluding hydrogens is 254 g/mol. The average Bonchev–Trinajstić information content (AvgIpc) is 3.02. The first kappa shape index (κ1) is 12.1. The minimum absolute atomic E-state index is 0.853. The minimum Gasteiger partial charge on any atom is -0.316 e. The number of nitrogens with zero attached hydrogens (tertiary/aromatic N) is 2. The van der Waals surface area contributed by atoms with E-state index in [1.54, 1.807) is 11.3 Å². The summed E-state index contributed by atoms with van der Waals surface area (Å²) >= 11 is 1.66. The summed E-state index contributed by atoms with van der Waals surface area (Å²) in [6.45, 7) is 0.853. The standard InChI is InChI=1S/C15H15N3S/c1-16-9-5-8-13-14(12-6-3-2-4-7-12)17-15-18(13)10-11-19-15/h2-8,10-11,16H,9H2,1H3. The van der Waals surface area contributed by atoms with E-state index < -0.39 is 0 Å². The maximum Gasteiger partial charge on any atom is 0.194 e. The number of nitrogens with one attached hydrogen (secondary N) is 1. The lowest BCUT2D eigenvalue weighted by atomic mass is 10.1.